The lowest BCUT2D eigenvalue weighted by Crippen LogP contribution is -2.45. The molecule has 3 rings (SSSR count). The van der Waals surface area contributed by atoms with Gasteiger partial charge in [0.2, 0.25) is 0 Å². The number of hydrogen-bond donors (Lipinski definition) is 0. The first-order chi connectivity index (χ1) is 12.2. The molecule has 0 bridgehead atoms. The van der Waals surface area contributed by atoms with Gasteiger partial charge in [-0.15, -0.1) is 0 Å². The van der Waals surface area contributed by atoms with E-state index in [1.165, 1.54) is 17.0 Å². The smallest absolute Gasteiger partial charge is 0.496 e. The first kappa shape index (κ1) is 18.3. The summed E-state index contributed by atoms with van der Waals surface area (Å²) in [7, 11) is 0.394. The van der Waals surface area contributed by atoms with Gasteiger partial charge in [0.25, 0.3) is 0 Å². The van der Waals surface area contributed by atoms with Crippen molar-refractivity contribution in [3.8, 4) is 11.8 Å². The molecule has 0 radical (unpaired) electrons. The third-order valence-corrected chi connectivity index (χ3v) is 3.66. The number of carbonyl (C=O) groups excluding carboxylic acids is 2. The molecule has 2 aliphatic heterocycles. The Labute approximate surface area is 147 Å². The van der Waals surface area contributed by atoms with Crippen molar-refractivity contribution in [2.24, 2.45) is 0 Å². The molecule has 0 aromatic heterocycles. The van der Waals surface area contributed by atoms with Crippen molar-refractivity contribution in [1.29, 1.82) is 0 Å². The molecule has 0 amide bonds. The molecule has 2 unspecified atom stereocenters. The summed E-state index contributed by atoms with van der Waals surface area (Å²) in [5.74, 6) is 4.27. The van der Waals surface area contributed by atoms with Gasteiger partial charge in [0.05, 0.1) is 18.7 Å². The number of benzene rings is 1. The molecule has 0 aliphatic carbocycles. The van der Waals surface area contributed by atoms with Crippen molar-refractivity contribution in [2.45, 2.75) is 18.3 Å². The van der Waals surface area contributed by atoms with Crippen LogP contribution in [0.15, 0.2) is 24.3 Å². The monoisotopic (exact) mass is 367 g/mol. The average molecular weight is 367 g/mol. The van der Waals surface area contributed by atoms with Crippen LogP contribution in [0.4, 0.5) is 13.2 Å². The second-order valence-corrected chi connectivity index (χ2v) is 5.89. The van der Waals surface area contributed by atoms with Crippen molar-refractivity contribution in [1.82, 2.24) is 4.90 Å². The molecule has 136 valence electrons. The number of rotatable bonds is 1. The van der Waals surface area contributed by atoms with Crippen molar-refractivity contribution in [3.63, 3.8) is 0 Å². The summed E-state index contributed by atoms with van der Waals surface area (Å²) >= 11 is 0. The third-order valence-electron chi connectivity index (χ3n) is 3.66. The molecule has 2 heterocycles. The van der Waals surface area contributed by atoms with Crippen LogP contribution in [0.2, 0.25) is 0 Å². The molecule has 0 saturated carbocycles. The molecular formula is C16H13BF3NO5. The Balaban J connectivity index is 1.61. The summed E-state index contributed by atoms with van der Waals surface area (Å²) in [6.45, 7) is -0.111. The number of ether oxygens (including phenoxy) is 1. The quantitative estimate of drug-likeness (QED) is 0.417. The van der Waals surface area contributed by atoms with E-state index in [1.807, 2.05) is 0 Å². The SMILES string of the molecule is CN1CC(=O)OB(C2OC2C#Cc2ccc(C(F)(F)F)cc2)OC(=O)C1. The van der Waals surface area contributed by atoms with Gasteiger partial charge in [-0.1, -0.05) is 11.8 Å². The average Bonchev–Trinajstić information content (AvgIpc) is 3.30. The van der Waals surface area contributed by atoms with E-state index in [4.69, 9.17) is 14.0 Å². The molecule has 2 atom stereocenters. The van der Waals surface area contributed by atoms with Crippen molar-refractivity contribution < 1.29 is 36.8 Å². The van der Waals surface area contributed by atoms with Crippen LogP contribution in [0.1, 0.15) is 11.1 Å². The van der Waals surface area contributed by atoms with Gasteiger partial charge in [-0.2, -0.15) is 13.2 Å². The Kier molecular flexibility index (Phi) is 4.93. The van der Waals surface area contributed by atoms with Crippen LogP contribution >= 0.6 is 0 Å². The van der Waals surface area contributed by atoms with Gasteiger partial charge < -0.3 is 14.0 Å². The van der Waals surface area contributed by atoms with Gasteiger partial charge in [0.1, 0.15) is 6.10 Å². The van der Waals surface area contributed by atoms with E-state index in [0.717, 1.165) is 12.1 Å². The van der Waals surface area contributed by atoms with Crippen LogP contribution in [0.25, 0.3) is 0 Å². The molecule has 26 heavy (non-hydrogen) atoms. The van der Waals surface area contributed by atoms with Gasteiger partial charge in [0, 0.05) is 5.56 Å². The zero-order valence-corrected chi connectivity index (χ0v) is 13.6. The zero-order chi connectivity index (χ0) is 18.9. The summed E-state index contributed by atoms with van der Waals surface area (Å²) < 4.78 is 52.9. The van der Waals surface area contributed by atoms with Crippen molar-refractivity contribution in [2.75, 3.05) is 20.1 Å². The van der Waals surface area contributed by atoms with Crippen LogP contribution in [0, 0.1) is 11.8 Å². The van der Waals surface area contributed by atoms with Crippen molar-refractivity contribution >= 4 is 19.1 Å². The minimum absolute atomic E-state index is 0.0553. The van der Waals surface area contributed by atoms with Gasteiger partial charge in [-0.25, -0.2) is 0 Å². The Bertz CT molecular complexity index is 751. The fourth-order valence-corrected chi connectivity index (χ4v) is 2.33. The Morgan fingerprint density at radius 2 is 1.69 bits per heavy atom. The van der Waals surface area contributed by atoms with E-state index in [1.54, 1.807) is 7.05 Å². The molecule has 0 N–H and O–H groups in total. The summed E-state index contributed by atoms with van der Waals surface area (Å²) in [5.41, 5.74) is -0.387. The van der Waals surface area contributed by atoms with Gasteiger partial charge in [-0.3, -0.25) is 14.5 Å². The lowest BCUT2D eigenvalue weighted by atomic mass is 9.82. The lowest BCUT2D eigenvalue weighted by molar-refractivity contribution is -0.146. The highest BCUT2D eigenvalue weighted by Crippen LogP contribution is 2.29. The van der Waals surface area contributed by atoms with Gasteiger partial charge in [0.15, 0.2) is 6.00 Å². The molecule has 1 aromatic carbocycles. The lowest BCUT2D eigenvalue weighted by Gasteiger charge is -2.21. The molecular weight excluding hydrogens is 354 g/mol. The van der Waals surface area contributed by atoms with Crippen LogP contribution in [-0.2, 0) is 29.8 Å². The second-order valence-electron chi connectivity index (χ2n) is 5.89. The Morgan fingerprint density at radius 3 is 2.23 bits per heavy atom. The topological polar surface area (TPSA) is 68.4 Å². The number of epoxide rings is 1. The van der Waals surface area contributed by atoms with E-state index in [9.17, 15) is 22.8 Å². The fourth-order valence-electron chi connectivity index (χ4n) is 2.33. The zero-order valence-electron chi connectivity index (χ0n) is 13.6. The molecule has 6 nitrogen and oxygen atoms in total. The Hall–Kier alpha value is -2.51. The van der Waals surface area contributed by atoms with Gasteiger partial charge in [-0.05, 0) is 31.3 Å². The predicted molar refractivity (Wildman–Crippen MR) is 82.4 cm³/mol. The summed E-state index contributed by atoms with van der Waals surface area (Å²) in [5, 5.41) is 0. The summed E-state index contributed by atoms with van der Waals surface area (Å²) in [6, 6.07) is 3.65. The normalized spacial score (nSPS) is 23.9. The highest BCUT2D eigenvalue weighted by molar-refractivity contribution is 6.51. The number of nitrogens with zero attached hydrogens (tertiary/aromatic N) is 1. The minimum Gasteiger partial charge on any atom is -0.496 e. The predicted octanol–water partition coefficient (Wildman–Crippen LogP) is 0.884. The van der Waals surface area contributed by atoms with Crippen molar-refractivity contribution in [3.05, 3.63) is 35.4 Å². The van der Waals surface area contributed by atoms with E-state index in [0.29, 0.717) is 5.56 Å². The maximum absolute atomic E-state index is 12.5. The van der Waals surface area contributed by atoms with Crippen LogP contribution in [0.5, 0.6) is 0 Å². The fraction of sp³-hybridized carbons (Fsp3) is 0.375. The molecule has 0 spiro atoms. The summed E-state index contributed by atoms with van der Waals surface area (Å²) in [4.78, 5) is 24.8. The molecule has 2 saturated heterocycles. The highest BCUT2D eigenvalue weighted by Gasteiger charge is 2.55. The van der Waals surface area contributed by atoms with Crippen LogP contribution in [0.3, 0.4) is 0 Å². The first-order valence-electron chi connectivity index (χ1n) is 7.64. The van der Waals surface area contributed by atoms with E-state index in [2.05, 4.69) is 11.8 Å². The van der Waals surface area contributed by atoms with E-state index in [-0.39, 0.29) is 13.1 Å². The second kappa shape index (κ2) is 7.01. The molecule has 1 aromatic rings. The number of hydrogen-bond acceptors (Lipinski definition) is 6. The molecule has 2 fully saturated rings. The van der Waals surface area contributed by atoms with Gasteiger partial charge >= 0.3 is 25.2 Å². The molecule has 2 aliphatic rings. The number of alkyl halides is 3. The number of halogens is 3. The largest absolute Gasteiger partial charge is 0.633 e. The maximum atomic E-state index is 12.5. The maximum Gasteiger partial charge on any atom is 0.633 e. The van der Waals surface area contributed by atoms with E-state index >= 15 is 0 Å². The molecule has 10 heteroatoms. The first-order valence-corrected chi connectivity index (χ1v) is 7.64. The number of likely N-dealkylation sites (N-methyl/N-ethyl adjacent to an activating group) is 1. The number of carbonyl (C=O) groups is 2. The van der Waals surface area contributed by atoms with Crippen LogP contribution < -0.4 is 0 Å². The minimum atomic E-state index is -4.41. The standard InChI is InChI=1S/C16H13BF3NO5/c1-21-8-13(22)25-17(26-14(23)9-21)15-12(24-15)7-4-10-2-5-11(6-3-10)16(18,19)20/h2-3,5-6,12,15H,8-9H2,1H3. The Morgan fingerprint density at radius 1 is 1.12 bits per heavy atom. The van der Waals surface area contributed by atoms with Crippen LogP contribution in [-0.4, -0.2) is 56.2 Å². The summed E-state index contributed by atoms with van der Waals surface area (Å²) in [6.07, 6.45) is -5.04. The third kappa shape index (κ3) is 4.56. The van der Waals surface area contributed by atoms with E-state index < -0.39 is 42.9 Å². The highest BCUT2D eigenvalue weighted by atomic mass is 19.4.